The standard InChI is InChI=1S/C15H19NO5/c1-10(21-15(18)13-4-3-9-20-13)14(17)16-11-5-7-12(19-2)8-6-11/h5-8,10,13H,3-4,9H2,1-2H3,(H,16,17)/t10-,13-/m0/s1. The summed E-state index contributed by atoms with van der Waals surface area (Å²) in [5.41, 5.74) is 0.612. The van der Waals surface area contributed by atoms with Gasteiger partial charge in [0.05, 0.1) is 7.11 Å². The number of amides is 1. The van der Waals surface area contributed by atoms with E-state index < -0.39 is 18.2 Å². The van der Waals surface area contributed by atoms with E-state index in [0.717, 1.165) is 6.42 Å². The van der Waals surface area contributed by atoms with Gasteiger partial charge in [0.15, 0.2) is 12.2 Å². The Kier molecular flexibility index (Phi) is 5.16. The first-order valence-corrected chi connectivity index (χ1v) is 6.87. The lowest BCUT2D eigenvalue weighted by Gasteiger charge is -2.16. The van der Waals surface area contributed by atoms with Crippen LogP contribution in [0.2, 0.25) is 0 Å². The molecule has 1 aliphatic rings. The number of carbonyl (C=O) groups is 2. The second-order valence-corrected chi connectivity index (χ2v) is 4.80. The molecule has 1 N–H and O–H groups in total. The molecule has 0 aromatic heterocycles. The molecule has 1 aromatic carbocycles. The quantitative estimate of drug-likeness (QED) is 0.837. The van der Waals surface area contributed by atoms with E-state index in [-0.39, 0.29) is 5.91 Å². The average Bonchev–Trinajstić information content (AvgIpc) is 3.02. The zero-order chi connectivity index (χ0) is 15.2. The molecule has 2 rings (SSSR count). The lowest BCUT2D eigenvalue weighted by Crippen LogP contribution is -2.33. The summed E-state index contributed by atoms with van der Waals surface area (Å²) in [4.78, 5) is 23.7. The van der Waals surface area contributed by atoms with Crippen molar-refractivity contribution in [3.8, 4) is 5.75 Å². The number of ether oxygens (including phenoxy) is 3. The third-order valence-corrected chi connectivity index (χ3v) is 3.21. The van der Waals surface area contributed by atoms with Crippen molar-refractivity contribution >= 4 is 17.6 Å². The second-order valence-electron chi connectivity index (χ2n) is 4.80. The number of esters is 1. The van der Waals surface area contributed by atoms with Gasteiger partial charge in [0.1, 0.15) is 5.75 Å². The monoisotopic (exact) mass is 293 g/mol. The largest absolute Gasteiger partial charge is 0.497 e. The summed E-state index contributed by atoms with van der Waals surface area (Å²) in [5, 5.41) is 2.68. The van der Waals surface area contributed by atoms with Gasteiger partial charge >= 0.3 is 5.97 Å². The van der Waals surface area contributed by atoms with Gasteiger partial charge in [-0.25, -0.2) is 4.79 Å². The molecule has 1 amide bonds. The van der Waals surface area contributed by atoms with Crippen LogP contribution < -0.4 is 10.1 Å². The topological polar surface area (TPSA) is 73.9 Å². The molecule has 0 spiro atoms. The van der Waals surface area contributed by atoms with E-state index in [1.54, 1.807) is 31.4 Å². The fourth-order valence-corrected chi connectivity index (χ4v) is 1.99. The van der Waals surface area contributed by atoms with Crippen LogP contribution in [0.1, 0.15) is 19.8 Å². The Morgan fingerprint density at radius 3 is 2.62 bits per heavy atom. The third-order valence-electron chi connectivity index (χ3n) is 3.21. The molecule has 1 fully saturated rings. The maximum Gasteiger partial charge on any atom is 0.336 e. The van der Waals surface area contributed by atoms with Crippen LogP contribution in [0.5, 0.6) is 5.75 Å². The fraction of sp³-hybridized carbons (Fsp3) is 0.467. The number of carbonyl (C=O) groups excluding carboxylic acids is 2. The molecule has 6 heteroatoms. The lowest BCUT2D eigenvalue weighted by atomic mass is 10.2. The summed E-state index contributed by atoms with van der Waals surface area (Å²) >= 11 is 0. The third kappa shape index (κ3) is 4.19. The molecule has 21 heavy (non-hydrogen) atoms. The average molecular weight is 293 g/mol. The smallest absolute Gasteiger partial charge is 0.336 e. The van der Waals surface area contributed by atoms with Crippen LogP contribution in [0.15, 0.2) is 24.3 Å². The van der Waals surface area contributed by atoms with Crippen molar-refractivity contribution in [1.29, 1.82) is 0 Å². The molecular formula is C15H19NO5. The van der Waals surface area contributed by atoms with Crippen molar-refractivity contribution < 1.29 is 23.8 Å². The van der Waals surface area contributed by atoms with Crippen LogP contribution in [0.4, 0.5) is 5.69 Å². The SMILES string of the molecule is COc1ccc(NC(=O)[C@H](C)OC(=O)[C@@H]2CCCO2)cc1. The molecule has 0 unspecified atom stereocenters. The van der Waals surface area contributed by atoms with Gasteiger partial charge in [-0.2, -0.15) is 0 Å². The Morgan fingerprint density at radius 1 is 1.33 bits per heavy atom. The number of methoxy groups -OCH3 is 1. The highest BCUT2D eigenvalue weighted by Gasteiger charge is 2.28. The van der Waals surface area contributed by atoms with Gasteiger partial charge in [-0.1, -0.05) is 0 Å². The van der Waals surface area contributed by atoms with Crippen LogP contribution in [0.3, 0.4) is 0 Å². The number of rotatable bonds is 5. The van der Waals surface area contributed by atoms with Crippen LogP contribution in [-0.2, 0) is 19.1 Å². The molecule has 1 saturated heterocycles. The summed E-state index contributed by atoms with van der Waals surface area (Å²) in [6.45, 7) is 2.10. The van der Waals surface area contributed by atoms with Gasteiger partial charge in [0.2, 0.25) is 0 Å². The van der Waals surface area contributed by atoms with Gasteiger partial charge in [0, 0.05) is 12.3 Å². The van der Waals surface area contributed by atoms with E-state index in [2.05, 4.69) is 5.32 Å². The van der Waals surface area contributed by atoms with Crippen molar-refractivity contribution in [3.63, 3.8) is 0 Å². The first-order valence-electron chi connectivity index (χ1n) is 6.87. The highest BCUT2D eigenvalue weighted by Crippen LogP contribution is 2.17. The summed E-state index contributed by atoms with van der Waals surface area (Å²) in [6, 6.07) is 6.90. The van der Waals surface area contributed by atoms with Crippen molar-refractivity contribution in [2.45, 2.75) is 32.0 Å². The summed E-state index contributed by atoms with van der Waals surface area (Å²) in [7, 11) is 1.57. The van der Waals surface area contributed by atoms with Crippen LogP contribution in [0, 0.1) is 0 Å². The van der Waals surface area contributed by atoms with E-state index in [1.807, 2.05) is 0 Å². The maximum atomic E-state index is 12.0. The molecule has 0 bridgehead atoms. The van der Waals surface area contributed by atoms with Crippen molar-refractivity contribution in [2.75, 3.05) is 19.0 Å². The Labute approximate surface area is 123 Å². The first kappa shape index (κ1) is 15.3. The molecule has 0 aliphatic carbocycles. The number of benzene rings is 1. The van der Waals surface area contributed by atoms with Gasteiger partial charge in [-0.05, 0) is 44.0 Å². The number of nitrogens with one attached hydrogen (secondary N) is 1. The molecule has 0 saturated carbocycles. The van der Waals surface area contributed by atoms with Crippen molar-refractivity contribution in [2.24, 2.45) is 0 Å². The molecule has 114 valence electrons. The lowest BCUT2D eigenvalue weighted by molar-refractivity contribution is -0.162. The van der Waals surface area contributed by atoms with Crippen LogP contribution >= 0.6 is 0 Å². The van der Waals surface area contributed by atoms with E-state index in [4.69, 9.17) is 14.2 Å². The van der Waals surface area contributed by atoms with Crippen molar-refractivity contribution in [3.05, 3.63) is 24.3 Å². The summed E-state index contributed by atoms with van der Waals surface area (Å²) in [6.07, 6.45) is 0.0720. The minimum atomic E-state index is -0.871. The predicted octanol–water partition coefficient (Wildman–Crippen LogP) is 1.74. The van der Waals surface area contributed by atoms with Gasteiger partial charge in [-0.15, -0.1) is 0 Å². The highest BCUT2D eigenvalue weighted by molar-refractivity contribution is 5.95. The number of hydrogen-bond acceptors (Lipinski definition) is 5. The minimum absolute atomic E-state index is 0.383. The Morgan fingerprint density at radius 2 is 2.05 bits per heavy atom. The zero-order valence-electron chi connectivity index (χ0n) is 12.1. The molecule has 0 radical (unpaired) electrons. The van der Waals surface area contributed by atoms with Gasteiger partial charge in [0.25, 0.3) is 5.91 Å². The molecule has 1 aliphatic heterocycles. The first-order chi connectivity index (χ1) is 10.1. The normalized spacial score (nSPS) is 18.9. The maximum absolute atomic E-state index is 12.0. The second kappa shape index (κ2) is 7.08. The zero-order valence-corrected chi connectivity index (χ0v) is 12.1. The molecular weight excluding hydrogens is 274 g/mol. The summed E-state index contributed by atoms with van der Waals surface area (Å²) in [5.74, 6) is -0.165. The Balaban J connectivity index is 1.85. The minimum Gasteiger partial charge on any atom is -0.497 e. The highest BCUT2D eigenvalue weighted by atomic mass is 16.6. The predicted molar refractivity (Wildman–Crippen MR) is 76.2 cm³/mol. The molecule has 6 nitrogen and oxygen atoms in total. The van der Waals surface area contributed by atoms with E-state index >= 15 is 0 Å². The molecule has 1 aromatic rings. The Bertz CT molecular complexity index is 493. The fourth-order valence-electron chi connectivity index (χ4n) is 1.99. The van der Waals surface area contributed by atoms with Gasteiger partial charge in [-0.3, -0.25) is 4.79 Å². The molecule has 2 atom stereocenters. The van der Waals surface area contributed by atoms with Crippen LogP contribution in [-0.4, -0.2) is 37.8 Å². The van der Waals surface area contributed by atoms with E-state index in [1.165, 1.54) is 6.92 Å². The van der Waals surface area contributed by atoms with E-state index in [9.17, 15) is 9.59 Å². The Hall–Kier alpha value is -2.08. The van der Waals surface area contributed by atoms with Crippen molar-refractivity contribution in [1.82, 2.24) is 0 Å². The van der Waals surface area contributed by atoms with E-state index in [0.29, 0.717) is 24.5 Å². The number of anilines is 1. The molecule has 1 heterocycles. The number of hydrogen-bond donors (Lipinski definition) is 1. The summed E-state index contributed by atoms with van der Waals surface area (Å²) < 4.78 is 15.4. The van der Waals surface area contributed by atoms with Gasteiger partial charge < -0.3 is 19.5 Å². The van der Waals surface area contributed by atoms with Crippen LogP contribution in [0.25, 0.3) is 0 Å².